The van der Waals surface area contributed by atoms with Gasteiger partial charge in [-0.1, -0.05) is 12.8 Å². The molecule has 1 aliphatic carbocycles. The predicted molar refractivity (Wildman–Crippen MR) is 61.5 cm³/mol. The molecule has 1 heterocycles. The minimum Gasteiger partial charge on any atom is -0.327 e. The standard InChI is InChI=1S/C12H21N3/c1-15-9-10(8-14-15)6-7-11-4-2-3-5-12(11)13/h8-9,11-12H,2-7,13H2,1H3. The molecule has 0 radical (unpaired) electrons. The highest BCUT2D eigenvalue weighted by molar-refractivity contribution is 5.04. The third-order valence-corrected chi connectivity index (χ3v) is 3.53. The van der Waals surface area contributed by atoms with Crippen LogP contribution in [0.5, 0.6) is 0 Å². The van der Waals surface area contributed by atoms with Gasteiger partial charge in [0.1, 0.15) is 0 Å². The summed E-state index contributed by atoms with van der Waals surface area (Å²) >= 11 is 0. The summed E-state index contributed by atoms with van der Waals surface area (Å²) in [4.78, 5) is 0. The molecule has 0 spiro atoms. The Labute approximate surface area is 91.7 Å². The Hall–Kier alpha value is -0.830. The fraction of sp³-hybridized carbons (Fsp3) is 0.750. The first-order valence-electron chi connectivity index (χ1n) is 5.99. The van der Waals surface area contributed by atoms with Crippen LogP contribution in [0.4, 0.5) is 0 Å². The maximum atomic E-state index is 6.13. The lowest BCUT2D eigenvalue weighted by molar-refractivity contribution is 0.292. The summed E-state index contributed by atoms with van der Waals surface area (Å²) in [6.07, 6.45) is 11.7. The van der Waals surface area contributed by atoms with Gasteiger partial charge in [0.05, 0.1) is 6.20 Å². The maximum absolute atomic E-state index is 6.13. The van der Waals surface area contributed by atoms with Crippen LogP contribution in [-0.4, -0.2) is 15.8 Å². The highest BCUT2D eigenvalue weighted by Gasteiger charge is 2.21. The summed E-state index contributed by atoms with van der Waals surface area (Å²) in [5.74, 6) is 0.735. The Balaban J connectivity index is 1.81. The smallest absolute Gasteiger partial charge is 0.0521 e. The lowest BCUT2D eigenvalue weighted by atomic mass is 9.82. The molecule has 0 bridgehead atoms. The van der Waals surface area contributed by atoms with E-state index in [9.17, 15) is 0 Å². The average Bonchev–Trinajstić information content (AvgIpc) is 2.63. The molecule has 1 aromatic heterocycles. The van der Waals surface area contributed by atoms with Crippen molar-refractivity contribution in [1.29, 1.82) is 0 Å². The number of hydrogen-bond acceptors (Lipinski definition) is 2. The van der Waals surface area contributed by atoms with Crippen molar-refractivity contribution in [2.24, 2.45) is 18.7 Å². The minimum atomic E-state index is 0.440. The number of rotatable bonds is 3. The van der Waals surface area contributed by atoms with Gasteiger partial charge in [0.2, 0.25) is 0 Å². The second-order valence-corrected chi connectivity index (χ2v) is 4.77. The summed E-state index contributed by atoms with van der Waals surface area (Å²) < 4.78 is 1.87. The molecule has 2 unspecified atom stereocenters. The Morgan fingerprint density at radius 1 is 1.47 bits per heavy atom. The van der Waals surface area contributed by atoms with E-state index in [1.54, 1.807) is 0 Å². The zero-order chi connectivity index (χ0) is 10.7. The number of nitrogens with two attached hydrogens (primary N) is 1. The molecule has 3 heteroatoms. The van der Waals surface area contributed by atoms with Crippen LogP contribution in [0, 0.1) is 5.92 Å². The van der Waals surface area contributed by atoms with Gasteiger partial charge >= 0.3 is 0 Å². The molecule has 2 N–H and O–H groups in total. The second kappa shape index (κ2) is 4.79. The molecule has 0 amide bonds. The highest BCUT2D eigenvalue weighted by Crippen LogP contribution is 2.26. The average molecular weight is 207 g/mol. The number of aryl methyl sites for hydroxylation is 2. The largest absolute Gasteiger partial charge is 0.327 e. The van der Waals surface area contributed by atoms with Crippen LogP contribution in [-0.2, 0) is 13.5 Å². The molecule has 1 saturated carbocycles. The van der Waals surface area contributed by atoms with Crippen molar-refractivity contribution in [3.63, 3.8) is 0 Å². The molecule has 1 aliphatic rings. The molecule has 1 aromatic rings. The van der Waals surface area contributed by atoms with Crippen LogP contribution in [0.15, 0.2) is 12.4 Å². The number of hydrogen-bond donors (Lipinski definition) is 1. The third kappa shape index (κ3) is 2.81. The van der Waals surface area contributed by atoms with Gasteiger partial charge in [0, 0.05) is 19.3 Å². The molecular weight excluding hydrogens is 186 g/mol. The van der Waals surface area contributed by atoms with Crippen molar-refractivity contribution < 1.29 is 0 Å². The van der Waals surface area contributed by atoms with E-state index in [-0.39, 0.29) is 0 Å². The molecular formula is C12H21N3. The summed E-state index contributed by atoms with van der Waals surface area (Å²) in [5, 5.41) is 4.18. The molecule has 3 nitrogen and oxygen atoms in total. The van der Waals surface area contributed by atoms with Crippen molar-refractivity contribution in [2.45, 2.75) is 44.6 Å². The Kier molecular flexibility index (Phi) is 3.41. The van der Waals surface area contributed by atoms with E-state index < -0.39 is 0 Å². The molecule has 0 aliphatic heterocycles. The molecule has 2 rings (SSSR count). The predicted octanol–water partition coefficient (Wildman–Crippen LogP) is 1.87. The van der Waals surface area contributed by atoms with Crippen molar-refractivity contribution in [2.75, 3.05) is 0 Å². The summed E-state index contributed by atoms with van der Waals surface area (Å²) in [5.41, 5.74) is 7.47. The van der Waals surface area contributed by atoms with Gasteiger partial charge < -0.3 is 5.73 Å². The van der Waals surface area contributed by atoms with Gasteiger partial charge in [-0.25, -0.2) is 0 Å². The first-order chi connectivity index (χ1) is 7.25. The van der Waals surface area contributed by atoms with Gasteiger partial charge in [0.25, 0.3) is 0 Å². The fourth-order valence-corrected chi connectivity index (χ4v) is 2.55. The second-order valence-electron chi connectivity index (χ2n) is 4.77. The minimum absolute atomic E-state index is 0.440. The quantitative estimate of drug-likeness (QED) is 0.822. The van der Waals surface area contributed by atoms with Crippen LogP contribution in [0.25, 0.3) is 0 Å². The highest BCUT2D eigenvalue weighted by atomic mass is 15.2. The van der Waals surface area contributed by atoms with Gasteiger partial charge in [-0.15, -0.1) is 0 Å². The van der Waals surface area contributed by atoms with E-state index in [0.717, 1.165) is 12.3 Å². The van der Waals surface area contributed by atoms with Crippen molar-refractivity contribution in [3.8, 4) is 0 Å². The van der Waals surface area contributed by atoms with E-state index in [2.05, 4.69) is 11.3 Å². The monoisotopic (exact) mass is 207 g/mol. The van der Waals surface area contributed by atoms with E-state index in [4.69, 9.17) is 5.73 Å². The number of nitrogens with zero attached hydrogens (tertiary/aromatic N) is 2. The van der Waals surface area contributed by atoms with Crippen LogP contribution in [0.2, 0.25) is 0 Å². The summed E-state index contributed by atoms with van der Waals surface area (Å²) in [6.45, 7) is 0. The topological polar surface area (TPSA) is 43.8 Å². The molecule has 1 fully saturated rings. The van der Waals surface area contributed by atoms with Gasteiger partial charge in [-0.2, -0.15) is 5.10 Å². The fourth-order valence-electron chi connectivity index (χ4n) is 2.55. The Morgan fingerprint density at radius 2 is 2.27 bits per heavy atom. The van der Waals surface area contributed by atoms with Crippen LogP contribution in [0.3, 0.4) is 0 Å². The van der Waals surface area contributed by atoms with Crippen LogP contribution in [0.1, 0.15) is 37.7 Å². The normalized spacial score (nSPS) is 26.8. The van der Waals surface area contributed by atoms with Gasteiger partial charge in [-0.05, 0) is 37.2 Å². The summed E-state index contributed by atoms with van der Waals surface area (Å²) in [7, 11) is 1.97. The first-order valence-corrected chi connectivity index (χ1v) is 5.99. The number of aromatic nitrogens is 2. The maximum Gasteiger partial charge on any atom is 0.0521 e. The van der Waals surface area contributed by atoms with Crippen molar-refractivity contribution in [1.82, 2.24) is 9.78 Å². The van der Waals surface area contributed by atoms with Crippen LogP contribution >= 0.6 is 0 Å². The van der Waals surface area contributed by atoms with Gasteiger partial charge in [0.15, 0.2) is 0 Å². The van der Waals surface area contributed by atoms with Gasteiger partial charge in [-0.3, -0.25) is 4.68 Å². The Morgan fingerprint density at radius 3 is 2.93 bits per heavy atom. The zero-order valence-electron chi connectivity index (χ0n) is 9.52. The first kappa shape index (κ1) is 10.7. The van der Waals surface area contributed by atoms with E-state index in [1.165, 1.54) is 37.7 Å². The molecule has 2 atom stereocenters. The molecule has 0 saturated heterocycles. The zero-order valence-corrected chi connectivity index (χ0v) is 9.52. The summed E-state index contributed by atoms with van der Waals surface area (Å²) in [6, 6.07) is 0.440. The van der Waals surface area contributed by atoms with E-state index in [1.807, 2.05) is 17.9 Å². The Bertz CT molecular complexity index is 306. The van der Waals surface area contributed by atoms with E-state index >= 15 is 0 Å². The van der Waals surface area contributed by atoms with E-state index in [0.29, 0.717) is 6.04 Å². The molecule has 84 valence electrons. The van der Waals surface area contributed by atoms with Crippen molar-refractivity contribution in [3.05, 3.63) is 18.0 Å². The van der Waals surface area contributed by atoms with Crippen molar-refractivity contribution >= 4 is 0 Å². The third-order valence-electron chi connectivity index (χ3n) is 3.53. The molecule has 0 aromatic carbocycles. The van der Waals surface area contributed by atoms with Crippen LogP contribution < -0.4 is 5.73 Å². The molecule has 15 heavy (non-hydrogen) atoms. The lowest BCUT2D eigenvalue weighted by Crippen LogP contribution is -2.33. The lowest BCUT2D eigenvalue weighted by Gasteiger charge is -2.28. The SMILES string of the molecule is Cn1cc(CCC2CCCCC2N)cn1.